The summed E-state index contributed by atoms with van der Waals surface area (Å²) in [6.07, 6.45) is 0.777. The zero-order valence-electron chi connectivity index (χ0n) is 15.0. The third kappa shape index (κ3) is 3.29. The molecule has 1 fully saturated rings. The van der Waals surface area contributed by atoms with Crippen LogP contribution in [0.4, 0.5) is 11.6 Å². The molecule has 6 nitrogen and oxygen atoms in total. The van der Waals surface area contributed by atoms with Gasteiger partial charge in [0.15, 0.2) is 5.82 Å². The molecule has 0 spiro atoms. The van der Waals surface area contributed by atoms with Crippen molar-refractivity contribution in [1.82, 2.24) is 19.9 Å². The first-order valence-electron chi connectivity index (χ1n) is 8.91. The third-order valence-electron chi connectivity index (χ3n) is 4.67. The molecular formula is C19H21ClN6. The van der Waals surface area contributed by atoms with E-state index in [1.54, 1.807) is 0 Å². The van der Waals surface area contributed by atoms with Crippen LogP contribution >= 0.6 is 11.6 Å². The number of nitrogens with zero attached hydrogens (tertiary/aromatic N) is 6. The van der Waals surface area contributed by atoms with E-state index >= 15 is 0 Å². The highest BCUT2D eigenvalue weighted by Crippen LogP contribution is 2.23. The molecule has 2 aromatic heterocycles. The molecule has 7 heteroatoms. The molecule has 3 aromatic rings. The fourth-order valence-corrected chi connectivity index (χ4v) is 3.49. The molecule has 3 heterocycles. The van der Waals surface area contributed by atoms with E-state index in [4.69, 9.17) is 21.6 Å². The largest absolute Gasteiger partial charge is 0.353 e. The molecular weight excluding hydrogens is 348 g/mol. The van der Waals surface area contributed by atoms with E-state index in [2.05, 4.69) is 19.8 Å². The summed E-state index contributed by atoms with van der Waals surface area (Å²) >= 11 is 6.14. The quantitative estimate of drug-likeness (QED) is 0.661. The molecule has 1 aliphatic heterocycles. The Hall–Kier alpha value is -2.47. The van der Waals surface area contributed by atoms with Gasteiger partial charge in [0.2, 0.25) is 0 Å². The molecule has 0 saturated carbocycles. The number of anilines is 2. The van der Waals surface area contributed by atoms with Gasteiger partial charge in [0.1, 0.15) is 16.8 Å². The molecule has 0 unspecified atom stereocenters. The number of benzene rings is 1. The molecule has 1 aliphatic rings. The smallest absolute Gasteiger partial charge is 0.150 e. The SMILES string of the molecule is CCc1nc(Cl)cc(N2CCN(c3nc4ccccc4nc3C)CC2)n1. The number of halogens is 1. The Morgan fingerprint density at radius 2 is 1.58 bits per heavy atom. The maximum Gasteiger partial charge on any atom is 0.150 e. The summed E-state index contributed by atoms with van der Waals surface area (Å²) in [5.41, 5.74) is 2.84. The number of piperazine rings is 1. The Kier molecular flexibility index (Phi) is 4.59. The number of hydrogen-bond acceptors (Lipinski definition) is 6. The summed E-state index contributed by atoms with van der Waals surface area (Å²) in [6.45, 7) is 7.54. The fourth-order valence-electron chi connectivity index (χ4n) is 3.30. The summed E-state index contributed by atoms with van der Waals surface area (Å²) < 4.78 is 0. The highest BCUT2D eigenvalue weighted by Gasteiger charge is 2.22. The standard InChI is InChI=1S/C19H21ClN6/c1-3-17-23-16(20)12-18(24-17)25-8-10-26(11-9-25)19-13(2)21-14-6-4-5-7-15(14)22-19/h4-7,12H,3,8-11H2,1-2H3. The molecule has 1 saturated heterocycles. The van der Waals surface area contributed by atoms with Crippen LogP contribution in [0.25, 0.3) is 11.0 Å². The first-order chi connectivity index (χ1) is 12.6. The summed E-state index contributed by atoms with van der Waals surface area (Å²) in [5.74, 6) is 2.66. The van der Waals surface area contributed by atoms with Crippen LogP contribution in [0.15, 0.2) is 30.3 Å². The van der Waals surface area contributed by atoms with E-state index in [9.17, 15) is 0 Å². The Morgan fingerprint density at radius 1 is 0.923 bits per heavy atom. The fraction of sp³-hybridized carbons (Fsp3) is 0.368. The lowest BCUT2D eigenvalue weighted by Crippen LogP contribution is -2.47. The van der Waals surface area contributed by atoms with Crippen molar-refractivity contribution >= 4 is 34.3 Å². The number of aryl methyl sites for hydroxylation is 2. The minimum Gasteiger partial charge on any atom is -0.353 e. The molecule has 0 atom stereocenters. The van der Waals surface area contributed by atoms with E-state index in [0.717, 1.165) is 66.8 Å². The lowest BCUT2D eigenvalue weighted by molar-refractivity contribution is 0.637. The molecule has 0 radical (unpaired) electrons. The molecule has 0 bridgehead atoms. The first-order valence-corrected chi connectivity index (χ1v) is 9.28. The Bertz CT molecular complexity index is 936. The van der Waals surface area contributed by atoms with Crippen molar-refractivity contribution in [2.75, 3.05) is 36.0 Å². The number of hydrogen-bond donors (Lipinski definition) is 0. The van der Waals surface area contributed by atoms with Gasteiger partial charge in [-0.15, -0.1) is 0 Å². The van der Waals surface area contributed by atoms with E-state index in [1.165, 1.54) is 0 Å². The van der Waals surface area contributed by atoms with Crippen LogP contribution in [0.2, 0.25) is 5.15 Å². The zero-order valence-corrected chi connectivity index (χ0v) is 15.7. The monoisotopic (exact) mass is 368 g/mol. The van der Waals surface area contributed by atoms with Gasteiger partial charge >= 0.3 is 0 Å². The van der Waals surface area contributed by atoms with Gasteiger partial charge in [-0.1, -0.05) is 30.7 Å². The second kappa shape index (κ2) is 7.03. The van der Waals surface area contributed by atoms with Crippen LogP contribution in [0.5, 0.6) is 0 Å². The van der Waals surface area contributed by atoms with E-state index in [0.29, 0.717) is 5.15 Å². The van der Waals surface area contributed by atoms with Crippen LogP contribution in [-0.4, -0.2) is 46.1 Å². The molecule has 0 amide bonds. The maximum atomic E-state index is 6.14. The van der Waals surface area contributed by atoms with Gasteiger partial charge in [-0.25, -0.2) is 19.9 Å². The van der Waals surface area contributed by atoms with Gasteiger partial charge < -0.3 is 9.80 Å². The summed E-state index contributed by atoms with van der Waals surface area (Å²) in [5, 5.41) is 0.505. The second-order valence-corrected chi connectivity index (χ2v) is 6.80. The topological polar surface area (TPSA) is 58.0 Å². The normalized spacial score (nSPS) is 14.9. The van der Waals surface area contributed by atoms with Crippen LogP contribution in [-0.2, 0) is 6.42 Å². The van der Waals surface area contributed by atoms with Crippen molar-refractivity contribution in [3.8, 4) is 0 Å². The number of rotatable bonds is 3. The molecule has 0 aliphatic carbocycles. The Labute approximate surface area is 157 Å². The molecule has 0 N–H and O–H groups in total. The van der Waals surface area contributed by atoms with Crippen molar-refractivity contribution in [1.29, 1.82) is 0 Å². The zero-order chi connectivity index (χ0) is 18.1. The highest BCUT2D eigenvalue weighted by atomic mass is 35.5. The van der Waals surface area contributed by atoms with Crippen LogP contribution in [0.3, 0.4) is 0 Å². The summed E-state index contributed by atoms with van der Waals surface area (Å²) in [4.78, 5) is 23.0. The maximum absolute atomic E-state index is 6.14. The van der Waals surface area contributed by atoms with E-state index < -0.39 is 0 Å². The molecule has 1 aromatic carbocycles. The average Bonchev–Trinajstić information content (AvgIpc) is 2.67. The van der Waals surface area contributed by atoms with Crippen LogP contribution in [0.1, 0.15) is 18.4 Å². The molecule has 26 heavy (non-hydrogen) atoms. The number of fused-ring (bicyclic) bond motifs is 1. The van der Waals surface area contributed by atoms with Crippen molar-refractivity contribution in [3.05, 3.63) is 47.0 Å². The Balaban J connectivity index is 1.53. The predicted octanol–water partition coefficient (Wildman–Crippen LogP) is 3.27. The van der Waals surface area contributed by atoms with Crippen molar-refractivity contribution in [2.45, 2.75) is 20.3 Å². The van der Waals surface area contributed by atoms with Gasteiger partial charge in [-0.3, -0.25) is 0 Å². The van der Waals surface area contributed by atoms with Crippen LogP contribution < -0.4 is 9.80 Å². The van der Waals surface area contributed by atoms with E-state index in [1.807, 2.05) is 44.2 Å². The number of aromatic nitrogens is 4. The van der Waals surface area contributed by atoms with E-state index in [-0.39, 0.29) is 0 Å². The van der Waals surface area contributed by atoms with Gasteiger partial charge in [0, 0.05) is 38.7 Å². The predicted molar refractivity (Wildman–Crippen MR) is 105 cm³/mol. The second-order valence-electron chi connectivity index (χ2n) is 6.41. The first kappa shape index (κ1) is 17.0. The van der Waals surface area contributed by atoms with Crippen molar-refractivity contribution in [2.24, 2.45) is 0 Å². The van der Waals surface area contributed by atoms with Crippen molar-refractivity contribution < 1.29 is 0 Å². The minimum absolute atomic E-state index is 0.505. The third-order valence-corrected chi connectivity index (χ3v) is 4.86. The molecule has 134 valence electrons. The van der Waals surface area contributed by atoms with Gasteiger partial charge in [0.05, 0.1) is 16.7 Å². The lowest BCUT2D eigenvalue weighted by Gasteiger charge is -2.36. The lowest BCUT2D eigenvalue weighted by atomic mass is 10.2. The highest BCUT2D eigenvalue weighted by molar-refractivity contribution is 6.29. The van der Waals surface area contributed by atoms with Gasteiger partial charge in [-0.05, 0) is 19.1 Å². The number of para-hydroxylation sites is 2. The van der Waals surface area contributed by atoms with Gasteiger partial charge in [-0.2, -0.15) is 0 Å². The van der Waals surface area contributed by atoms with Crippen molar-refractivity contribution in [3.63, 3.8) is 0 Å². The average molecular weight is 369 g/mol. The summed E-state index contributed by atoms with van der Waals surface area (Å²) in [7, 11) is 0. The summed E-state index contributed by atoms with van der Waals surface area (Å²) in [6, 6.07) is 9.85. The van der Waals surface area contributed by atoms with Crippen LogP contribution in [0, 0.1) is 6.92 Å². The Morgan fingerprint density at radius 3 is 2.27 bits per heavy atom. The van der Waals surface area contributed by atoms with Gasteiger partial charge in [0.25, 0.3) is 0 Å². The molecule has 4 rings (SSSR count). The minimum atomic E-state index is 0.505.